The van der Waals surface area contributed by atoms with Gasteiger partial charge in [-0.1, -0.05) is 35.5 Å². The highest BCUT2D eigenvalue weighted by Gasteiger charge is 2.30. The van der Waals surface area contributed by atoms with Crippen LogP contribution in [0.2, 0.25) is 0 Å². The van der Waals surface area contributed by atoms with Crippen molar-refractivity contribution in [3.63, 3.8) is 0 Å². The fraction of sp³-hybridized carbons (Fsp3) is 0.440. The summed E-state index contributed by atoms with van der Waals surface area (Å²) in [5.74, 6) is 0.807. The quantitative estimate of drug-likeness (QED) is 0.634. The van der Waals surface area contributed by atoms with Gasteiger partial charge in [-0.05, 0) is 43.9 Å². The molecule has 0 saturated carbocycles. The smallest absolute Gasteiger partial charge is 0.253 e. The third kappa shape index (κ3) is 4.10. The molecule has 2 aliphatic heterocycles. The molecule has 0 aliphatic carbocycles. The third-order valence-electron chi connectivity index (χ3n) is 6.84. The zero-order chi connectivity index (χ0) is 21.2. The van der Waals surface area contributed by atoms with E-state index in [-0.39, 0.29) is 5.91 Å². The maximum Gasteiger partial charge on any atom is 0.253 e. The molecule has 2 fully saturated rings. The molecule has 0 bridgehead atoms. The Kier molecular flexibility index (Phi) is 5.74. The number of hydrogen-bond acceptors (Lipinski definition) is 5. The van der Waals surface area contributed by atoms with Crippen LogP contribution < -0.4 is 0 Å². The van der Waals surface area contributed by atoms with Gasteiger partial charge in [0.25, 0.3) is 5.91 Å². The average Bonchev–Trinajstić information content (AvgIpc) is 3.27. The predicted octanol–water partition coefficient (Wildman–Crippen LogP) is 4.21. The number of likely N-dealkylation sites (tertiary alicyclic amines) is 2. The van der Waals surface area contributed by atoms with Gasteiger partial charge in [0.2, 0.25) is 0 Å². The number of nitrogens with zero attached hydrogens (tertiary/aromatic N) is 3. The molecule has 3 aromatic rings. The van der Waals surface area contributed by atoms with Crippen LogP contribution in [0.15, 0.2) is 53.1 Å². The first-order valence-electron chi connectivity index (χ1n) is 11.2. The van der Waals surface area contributed by atoms with E-state index in [4.69, 9.17) is 9.26 Å². The lowest BCUT2D eigenvalue weighted by atomic mass is 9.98. The van der Waals surface area contributed by atoms with Gasteiger partial charge in [-0.3, -0.25) is 4.79 Å². The van der Waals surface area contributed by atoms with Crippen LogP contribution in [-0.2, 0) is 4.74 Å². The molecule has 162 valence electrons. The Morgan fingerprint density at radius 3 is 2.45 bits per heavy atom. The summed E-state index contributed by atoms with van der Waals surface area (Å²) in [7, 11) is 1.81. The number of carbonyl (C=O) groups excluding carboxylic acids is 1. The van der Waals surface area contributed by atoms with Crippen LogP contribution in [0.3, 0.4) is 0 Å². The van der Waals surface area contributed by atoms with Gasteiger partial charge in [0.05, 0.1) is 11.5 Å². The van der Waals surface area contributed by atoms with E-state index in [2.05, 4.69) is 10.1 Å². The van der Waals surface area contributed by atoms with Crippen molar-refractivity contribution in [2.45, 2.75) is 37.8 Å². The van der Waals surface area contributed by atoms with Crippen molar-refractivity contribution in [2.24, 2.45) is 0 Å². The molecule has 1 aromatic heterocycles. The molecule has 3 heterocycles. The van der Waals surface area contributed by atoms with Gasteiger partial charge < -0.3 is 19.1 Å². The van der Waals surface area contributed by atoms with E-state index in [9.17, 15) is 4.79 Å². The van der Waals surface area contributed by atoms with E-state index < -0.39 is 0 Å². The molecule has 2 aliphatic rings. The topological polar surface area (TPSA) is 58.8 Å². The molecule has 0 spiro atoms. The molecule has 0 N–H and O–H groups in total. The Morgan fingerprint density at radius 2 is 1.74 bits per heavy atom. The number of carbonyl (C=O) groups is 1. The molecular formula is C25H29N3O3. The molecule has 6 nitrogen and oxygen atoms in total. The summed E-state index contributed by atoms with van der Waals surface area (Å²) in [5.41, 5.74) is 2.44. The Balaban J connectivity index is 1.27. The van der Waals surface area contributed by atoms with Crippen LogP contribution in [0.4, 0.5) is 0 Å². The fourth-order valence-corrected chi connectivity index (χ4v) is 4.97. The minimum Gasteiger partial charge on any atom is -0.381 e. The number of fused-ring (bicyclic) bond motifs is 1. The highest BCUT2D eigenvalue weighted by Crippen LogP contribution is 2.30. The zero-order valence-corrected chi connectivity index (χ0v) is 18.0. The highest BCUT2D eigenvalue weighted by atomic mass is 16.5. The number of methoxy groups -OCH3 is 1. The van der Waals surface area contributed by atoms with Crippen molar-refractivity contribution >= 4 is 16.8 Å². The Bertz CT molecular complexity index is 1030. The van der Waals surface area contributed by atoms with E-state index in [1.807, 2.05) is 60.5 Å². The second-order valence-corrected chi connectivity index (χ2v) is 8.60. The van der Waals surface area contributed by atoms with Crippen LogP contribution in [0.5, 0.6) is 0 Å². The lowest BCUT2D eigenvalue weighted by molar-refractivity contribution is 0.0145. The van der Waals surface area contributed by atoms with Crippen molar-refractivity contribution in [3.05, 3.63) is 54.1 Å². The van der Waals surface area contributed by atoms with Crippen LogP contribution in [-0.4, -0.2) is 66.3 Å². The van der Waals surface area contributed by atoms with E-state index in [1.165, 1.54) is 0 Å². The van der Waals surface area contributed by atoms with Crippen molar-refractivity contribution in [1.82, 2.24) is 15.0 Å². The largest absolute Gasteiger partial charge is 0.381 e. The van der Waals surface area contributed by atoms with Gasteiger partial charge in [-0.2, -0.15) is 0 Å². The van der Waals surface area contributed by atoms with Gasteiger partial charge in [0.15, 0.2) is 5.76 Å². The molecule has 1 amide bonds. The number of amides is 1. The summed E-state index contributed by atoms with van der Waals surface area (Å²) in [6.07, 6.45) is 4.70. The van der Waals surface area contributed by atoms with E-state index in [0.29, 0.717) is 23.5 Å². The van der Waals surface area contributed by atoms with Gasteiger partial charge in [-0.15, -0.1) is 0 Å². The molecule has 2 saturated heterocycles. The first-order chi connectivity index (χ1) is 15.2. The van der Waals surface area contributed by atoms with E-state index in [0.717, 1.165) is 68.3 Å². The minimum atomic E-state index is 0.0960. The van der Waals surface area contributed by atoms with Crippen LogP contribution >= 0.6 is 0 Å². The number of ether oxygens (including phenoxy) is 1. The molecule has 2 aromatic carbocycles. The molecule has 31 heavy (non-hydrogen) atoms. The fourth-order valence-electron chi connectivity index (χ4n) is 4.97. The number of aromatic nitrogens is 1. The van der Waals surface area contributed by atoms with Crippen molar-refractivity contribution in [3.8, 4) is 11.3 Å². The predicted molar refractivity (Wildman–Crippen MR) is 120 cm³/mol. The average molecular weight is 420 g/mol. The monoisotopic (exact) mass is 419 g/mol. The van der Waals surface area contributed by atoms with Crippen LogP contribution in [0.1, 0.15) is 36.0 Å². The van der Waals surface area contributed by atoms with Gasteiger partial charge in [0.1, 0.15) is 5.52 Å². The molecular weight excluding hydrogens is 390 g/mol. The number of benzene rings is 2. The lowest BCUT2D eigenvalue weighted by Gasteiger charge is -2.41. The maximum atomic E-state index is 13.2. The Labute approximate surface area is 182 Å². The second kappa shape index (κ2) is 8.81. The van der Waals surface area contributed by atoms with Crippen molar-refractivity contribution in [2.75, 3.05) is 33.3 Å². The highest BCUT2D eigenvalue weighted by molar-refractivity contribution is 6.01. The summed E-state index contributed by atoms with van der Waals surface area (Å²) in [4.78, 5) is 17.8. The Morgan fingerprint density at radius 1 is 1.00 bits per heavy atom. The van der Waals surface area contributed by atoms with Gasteiger partial charge in [0, 0.05) is 50.5 Å². The molecule has 6 heteroatoms. The van der Waals surface area contributed by atoms with Crippen molar-refractivity contribution < 1.29 is 14.1 Å². The van der Waals surface area contributed by atoms with E-state index in [1.54, 1.807) is 0 Å². The molecule has 5 rings (SSSR count). The second-order valence-electron chi connectivity index (χ2n) is 8.60. The number of rotatable bonds is 4. The molecule has 0 radical (unpaired) electrons. The van der Waals surface area contributed by atoms with Crippen LogP contribution in [0.25, 0.3) is 22.2 Å². The maximum absolute atomic E-state index is 13.2. The number of hydrogen-bond donors (Lipinski definition) is 0. The SMILES string of the molecule is COC1CCN(C2CCN(C(=O)c3ccc4noc(-c5ccccc5)c4c3)CC2)CC1. The summed E-state index contributed by atoms with van der Waals surface area (Å²) in [6.45, 7) is 3.81. The van der Waals surface area contributed by atoms with Gasteiger partial charge in [-0.25, -0.2) is 0 Å². The van der Waals surface area contributed by atoms with Crippen LogP contribution in [0, 0.1) is 0 Å². The molecule has 0 atom stereocenters. The minimum absolute atomic E-state index is 0.0960. The normalized spacial score (nSPS) is 19.2. The van der Waals surface area contributed by atoms with Gasteiger partial charge >= 0.3 is 0 Å². The zero-order valence-electron chi connectivity index (χ0n) is 18.0. The molecule has 0 unspecified atom stereocenters. The summed E-state index contributed by atoms with van der Waals surface area (Å²) in [5, 5.41) is 5.05. The summed E-state index contributed by atoms with van der Waals surface area (Å²) in [6, 6.07) is 16.2. The third-order valence-corrected chi connectivity index (χ3v) is 6.84. The van der Waals surface area contributed by atoms with Crippen molar-refractivity contribution in [1.29, 1.82) is 0 Å². The van der Waals surface area contributed by atoms with E-state index >= 15 is 0 Å². The summed E-state index contributed by atoms with van der Waals surface area (Å²) < 4.78 is 11.1. The first-order valence-corrected chi connectivity index (χ1v) is 11.2. The number of piperidine rings is 2. The first kappa shape index (κ1) is 20.2. The lowest BCUT2D eigenvalue weighted by Crippen LogP contribution is -2.49. The standard InChI is InChI=1S/C25H29N3O3/c1-30-21-11-15-27(16-12-21)20-9-13-28(14-10-20)25(29)19-7-8-23-22(17-19)24(31-26-23)18-5-3-2-4-6-18/h2-8,17,20-21H,9-16H2,1H3. The Hall–Kier alpha value is -2.70. The summed E-state index contributed by atoms with van der Waals surface area (Å²) >= 11 is 0.